The van der Waals surface area contributed by atoms with Crippen LogP contribution in [0.15, 0.2) is 0 Å². The van der Waals surface area contributed by atoms with Crippen molar-refractivity contribution in [2.75, 3.05) is 39.6 Å². The minimum absolute atomic E-state index is 0.103. The number of aliphatic hydroxyl groups excluding tert-OH is 1. The van der Waals surface area contributed by atoms with Gasteiger partial charge in [-0.15, -0.1) is 0 Å². The van der Waals surface area contributed by atoms with Crippen molar-refractivity contribution in [3.8, 4) is 0 Å². The van der Waals surface area contributed by atoms with E-state index in [0.717, 1.165) is 102 Å². The Hall–Kier alpha value is -1.94. The first-order chi connectivity index (χ1) is 40.4. The van der Waals surface area contributed by atoms with E-state index in [1.54, 1.807) is 0 Å². The first kappa shape index (κ1) is 82.1. The van der Waals surface area contributed by atoms with Gasteiger partial charge in [0.15, 0.2) is 12.2 Å². The maximum absolute atomic E-state index is 13.0. The summed E-state index contributed by atoms with van der Waals surface area (Å²) in [6, 6.07) is 0. The Labute approximate surface area is 511 Å². The quantitative estimate of drug-likeness (QED) is 0.0222. The third-order valence-electron chi connectivity index (χ3n) is 15.3. The highest BCUT2D eigenvalue weighted by Crippen LogP contribution is 2.45. The van der Waals surface area contributed by atoms with Crippen LogP contribution in [0.4, 0.5) is 0 Å². The summed E-state index contributed by atoms with van der Waals surface area (Å²) in [4.78, 5) is 72.3. The maximum atomic E-state index is 13.0. The SMILES string of the molecule is CCCCCCCCCCCCCCC(=O)OC[C@H](COP(=O)(O)OC[C@@H](O)COP(=O)(O)OC[C@@H](COC(=O)CCCCCCCCCCCC)OC(=O)CCCCCCCCC(C)CC)OC(=O)CCCCCCCCCCCC(C)C. The van der Waals surface area contributed by atoms with Gasteiger partial charge in [0, 0.05) is 25.7 Å². The molecule has 0 aromatic carbocycles. The van der Waals surface area contributed by atoms with Crippen molar-refractivity contribution in [3.05, 3.63) is 0 Å². The molecule has 0 amide bonds. The van der Waals surface area contributed by atoms with Gasteiger partial charge in [-0.2, -0.15) is 0 Å². The monoisotopic (exact) mass is 1240 g/mol. The van der Waals surface area contributed by atoms with Gasteiger partial charge in [-0.3, -0.25) is 37.3 Å². The molecule has 0 bridgehead atoms. The molecule has 0 saturated heterocycles. The zero-order valence-corrected chi connectivity index (χ0v) is 56.0. The molecular formula is C65H126O17P2. The molecule has 0 radical (unpaired) electrons. The largest absolute Gasteiger partial charge is 0.472 e. The average Bonchev–Trinajstić information content (AvgIpc) is 3.47. The molecule has 0 heterocycles. The Bertz CT molecular complexity index is 1650. The molecular weight excluding hydrogens is 1110 g/mol. The Balaban J connectivity index is 5.25. The van der Waals surface area contributed by atoms with Crippen molar-refractivity contribution in [2.24, 2.45) is 11.8 Å². The lowest BCUT2D eigenvalue weighted by atomic mass is 10.00. The molecule has 19 heteroatoms. The van der Waals surface area contributed by atoms with Gasteiger partial charge >= 0.3 is 39.5 Å². The number of rotatable bonds is 64. The molecule has 0 spiro atoms. The van der Waals surface area contributed by atoms with Gasteiger partial charge in [-0.1, -0.05) is 273 Å². The van der Waals surface area contributed by atoms with E-state index in [2.05, 4.69) is 41.5 Å². The molecule has 3 N–H and O–H groups in total. The number of carbonyl (C=O) groups is 4. The van der Waals surface area contributed by atoms with Crippen LogP contribution in [-0.2, 0) is 65.4 Å². The lowest BCUT2D eigenvalue weighted by Gasteiger charge is -2.21. The highest BCUT2D eigenvalue weighted by Gasteiger charge is 2.30. The molecule has 0 saturated carbocycles. The highest BCUT2D eigenvalue weighted by atomic mass is 31.2. The van der Waals surface area contributed by atoms with Gasteiger partial charge in [0.25, 0.3) is 0 Å². The second-order valence-corrected chi connectivity index (χ2v) is 27.1. The number of aliphatic hydroxyl groups is 1. The number of phosphoric ester groups is 2. The van der Waals surface area contributed by atoms with Crippen LogP contribution in [0.3, 0.4) is 0 Å². The molecule has 0 rings (SSSR count). The second kappa shape index (κ2) is 57.5. The molecule has 17 nitrogen and oxygen atoms in total. The molecule has 84 heavy (non-hydrogen) atoms. The first-order valence-electron chi connectivity index (χ1n) is 34.0. The third-order valence-corrected chi connectivity index (χ3v) is 17.2. The number of phosphoric acid groups is 2. The van der Waals surface area contributed by atoms with Crippen LogP contribution < -0.4 is 0 Å². The predicted octanol–water partition coefficient (Wildman–Crippen LogP) is 18.0. The number of ether oxygens (including phenoxy) is 4. The van der Waals surface area contributed by atoms with Crippen LogP contribution in [0.2, 0.25) is 0 Å². The summed E-state index contributed by atoms with van der Waals surface area (Å²) in [5, 5.41) is 10.5. The summed E-state index contributed by atoms with van der Waals surface area (Å²) >= 11 is 0. The standard InChI is InChI=1S/C65H126O17P2/c1-7-10-12-14-16-18-20-21-25-29-36-42-48-63(68)75-53-60(81-64(69)49-43-37-30-26-22-23-27-33-39-45-57(4)5)55-79-83(71,72)77-51-59(66)52-78-84(73,74)80-56-61(82-65(70)50-44-38-32-31-34-40-46-58(6)9-3)54-76-62(67)47-41-35-28-24-19-17-15-13-11-8-2/h57-61,66H,7-56H2,1-6H3,(H,71,72)(H,73,74)/t58?,59-,60-,61-/m1/s1. The maximum Gasteiger partial charge on any atom is 0.472 e. The Kier molecular flexibility index (Phi) is 56.2. The van der Waals surface area contributed by atoms with Crippen molar-refractivity contribution in [3.63, 3.8) is 0 Å². The van der Waals surface area contributed by atoms with Gasteiger partial charge in [0.1, 0.15) is 19.3 Å². The summed E-state index contributed by atoms with van der Waals surface area (Å²) in [5.74, 6) is -0.677. The smallest absolute Gasteiger partial charge is 0.462 e. The summed E-state index contributed by atoms with van der Waals surface area (Å²) in [6.07, 6.45) is 40.3. The fourth-order valence-corrected chi connectivity index (χ4v) is 11.3. The molecule has 6 atom stereocenters. The fourth-order valence-electron chi connectivity index (χ4n) is 9.68. The minimum Gasteiger partial charge on any atom is -0.462 e. The molecule has 498 valence electrons. The van der Waals surface area contributed by atoms with E-state index in [-0.39, 0.29) is 25.7 Å². The third kappa shape index (κ3) is 57.8. The summed E-state index contributed by atoms with van der Waals surface area (Å²) in [7, 11) is -9.89. The van der Waals surface area contributed by atoms with E-state index >= 15 is 0 Å². The molecule has 0 aliphatic rings. The van der Waals surface area contributed by atoms with Crippen molar-refractivity contribution < 1.29 is 80.2 Å². The van der Waals surface area contributed by atoms with Crippen LogP contribution in [-0.4, -0.2) is 96.7 Å². The summed E-state index contributed by atoms with van der Waals surface area (Å²) in [6.45, 7) is 9.43. The van der Waals surface area contributed by atoms with E-state index < -0.39 is 97.5 Å². The van der Waals surface area contributed by atoms with E-state index in [0.29, 0.717) is 25.7 Å². The summed E-state index contributed by atoms with van der Waals surface area (Å²) in [5.41, 5.74) is 0. The van der Waals surface area contributed by atoms with Crippen molar-refractivity contribution in [2.45, 2.75) is 342 Å². The van der Waals surface area contributed by atoms with Crippen LogP contribution in [0.5, 0.6) is 0 Å². The fraction of sp³-hybridized carbons (Fsp3) is 0.938. The average molecular weight is 1240 g/mol. The summed E-state index contributed by atoms with van der Waals surface area (Å²) < 4.78 is 68.0. The number of hydrogen-bond acceptors (Lipinski definition) is 15. The topological polar surface area (TPSA) is 237 Å². The van der Waals surface area contributed by atoms with Crippen molar-refractivity contribution in [1.82, 2.24) is 0 Å². The molecule has 0 aliphatic heterocycles. The van der Waals surface area contributed by atoms with E-state index in [9.17, 15) is 43.2 Å². The minimum atomic E-state index is -4.95. The van der Waals surface area contributed by atoms with Crippen molar-refractivity contribution >= 4 is 39.5 Å². The van der Waals surface area contributed by atoms with E-state index in [1.165, 1.54) is 141 Å². The number of hydrogen-bond donors (Lipinski definition) is 3. The van der Waals surface area contributed by atoms with E-state index in [1.807, 2.05) is 0 Å². The van der Waals surface area contributed by atoms with E-state index in [4.69, 9.17) is 37.0 Å². The predicted molar refractivity (Wildman–Crippen MR) is 335 cm³/mol. The zero-order chi connectivity index (χ0) is 62.2. The molecule has 3 unspecified atom stereocenters. The van der Waals surface area contributed by atoms with Crippen LogP contribution >= 0.6 is 15.6 Å². The Morgan fingerprint density at radius 1 is 0.345 bits per heavy atom. The van der Waals surface area contributed by atoms with Gasteiger partial charge < -0.3 is 33.8 Å². The Morgan fingerprint density at radius 2 is 0.607 bits per heavy atom. The first-order valence-corrected chi connectivity index (χ1v) is 37.0. The number of carbonyl (C=O) groups excluding carboxylic acids is 4. The zero-order valence-electron chi connectivity index (χ0n) is 54.2. The van der Waals surface area contributed by atoms with Crippen LogP contribution in [0, 0.1) is 11.8 Å². The Morgan fingerprint density at radius 3 is 0.905 bits per heavy atom. The van der Waals surface area contributed by atoms with Crippen molar-refractivity contribution in [1.29, 1.82) is 0 Å². The molecule has 0 aromatic rings. The highest BCUT2D eigenvalue weighted by molar-refractivity contribution is 7.47. The van der Waals surface area contributed by atoms with Gasteiger partial charge in [0.05, 0.1) is 26.4 Å². The normalized spacial score (nSPS) is 14.6. The van der Waals surface area contributed by atoms with Crippen LogP contribution in [0.1, 0.15) is 324 Å². The van der Waals surface area contributed by atoms with Gasteiger partial charge in [0.2, 0.25) is 0 Å². The van der Waals surface area contributed by atoms with Crippen LogP contribution in [0.25, 0.3) is 0 Å². The lowest BCUT2D eigenvalue weighted by Crippen LogP contribution is -2.30. The van der Waals surface area contributed by atoms with Gasteiger partial charge in [-0.25, -0.2) is 9.13 Å². The molecule has 0 fully saturated rings. The number of unbranched alkanes of at least 4 members (excludes halogenated alkanes) is 33. The van der Waals surface area contributed by atoms with Gasteiger partial charge in [-0.05, 0) is 37.5 Å². The molecule has 0 aromatic heterocycles. The second-order valence-electron chi connectivity index (χ2n) is 24.2. The molecule has 0 aliphatic carbocycles. The number of esters is 4. The lowest BCUT2D eigenvalue weighted by molar-refractivity contribution is -0.161.